The molecule has 0 radical (unpaired) electrons. The Balaban J connectivity index is 2.86. The minimum absolute atomic E-state index is 0.0973. The minimum atomic E-state index is 0.0973. The Bertz CT molecular complexity index is 335. The van der Waals surface area contributed by atoms with Crippen molar-refractivity contribution in [3.05, 3.63) is 10.8 Å². The van der Waals surface area contributed by atoms with Crippen molar-refractivity contribution in [2.75, 3.05) is 30.3 Å². The molecule has 3 N–H and O–H groups in total. The molecule has 0 saturated heterocycles. The maximum absolute atomic E-state index is 9.03. The fourth-order valence-corrected chi connectivity index (χ4v) is 1.84. The van der Waals surface area contributed by atoms with Gasteiger partial charge in [0, 0.05) is 13.1 Å². The number of hydrogen-bond acceptors (Lipinski definition) is 5. The lowest BCUT2D eigenvalue weighted by molar-refractivity contribution is 0.301. The maximum Gasteiger partial charge on any atom is 0.148 e. The SMILES string of the molecule is CCCCN(CCO)c1ncnc(N)c1Br. The lowest BCUT2D eigenvalue weighted by Crippen LogP contribution is -2.29. The lowest BCUT2D eigenvalue weighted by atomic mass is 10.3. The van der Waals surface area contributed by atoms with Gasteiger partial charge in [0.25, 0.3) is 0 Å². The van der Waals surface area contributed by atoms with E-state index < -0.39 is 0 Å². The molecule has 0 saturated carbocycles. The molecule has 1 aromatic rings. The molecule has 0 amide bonds. The topological polar surface area (TPSA) is 75.3 Å². The van der Waals surface area contributed by atoms with Crippen molar-refractivity contribution in [1.29, 1.82) is 0 Å². The zero-order chi connectivity index (χ0) is 12.0. The summed E-state index contributed by atoms with van der Waals surface area (Å²) in [7, 11) is 0. The van der Waals surface area contributed by atoms with E-state index in [-0.39, 0.29) is 6.61 Å². The lowest BCUT2D eigenvalue weighted by Gasteiger charge is -2.23. The van der Waals surface area contributed by atoms with Gasteiger partial charge in [-0.1, -0.05) is 13.3 Å². The van der Waals surface area contributed by atoms with Crippen LogP contribution in [0.15, 0.2) is 10.8 Å². The van der Waals surface area contributed by atoms with Crippen molar-refractivity contribution >= 4 is 27.6 Å². The van der Waals surface area contributed by atoms with Crippen LogP contribution in [0, 0.1) is 0 Å². The molecule has 0 spiro atoms. The molecule has 0 aliphatic heterocycles. The van der Waals surface area contributed by atoms with Gasteiger partial charge in [0.2, 0.25) is 0 Å². The third kappa shape index (κ3) is 3.31. The van der Waals surface area contributed by atoms with E-state index in [2.05, 4.69) is 32.8 Å². The quantitative estimate of drug-likeness (QED) is 0.828. The van der Waals surface area contributed by atoms with Crippen LogP contribution < -0.4 is 10.6 Å². The molecule has 0 aliphatic rings. The van der Waals surface area contributed by atoms with Crippen LogP contribution in [0.1, 0.15) is 19.8 Å². The monoisotopic (exact) mass is 288 g/mol. The standard InChI is InChI=1S/C10H17BrN4O/c1-2-3-4-15(5-6-16)10-8(11)9(12)13-7-14-10/h7,16H,2-6H2,1H3,(H2,12,13,14). The summed E-state index contributed by atoms with van der Waals surface area (Å²) in [5, 5.41) is 9.03. The van der Waals surface area contributed by atoms with Gasteiger partial charge >= 0.3 is 0 Å². The summed E-state index contributed by atoms with van der Waals surface area (Å²) in [6, 6.07) is 0. The molecule has 1 aromatic heterocycles. The Morgan fingerprint density at radius 1 is 1.44 bits per heavy atom. The number of aliphatic hydroxyl groups excluding tert-OH is 1. The number of unbranched alkanes of at least 4 members (excludes halogenated alkanes) is 1. The second kappa shape index (κ2) is 6.65. The van der Waals surface area contributed by atoms with Crippen molar-refractivity contribution < 1.29 is 5.11 Å². The molecule has 0 unspecified atom stereocenters. The summed E-state index contributed by atoms with van der Waals surface area (Å²) >= 11 is 3.37. The highest BCUT2D eigenvalue weighted by atomic mass is 79.9. The number of nitrogens with zero attached hydrogens (tertiary/aromatic N) is 3. The predicted octanol–water partition coefficient (Wildman–Crippen LogP) is 1.42. The van der Waals surface area contributed by atoms with Gasteiger partial charge in [0.15, 0.2) is 0 Å². The highest BCUT2D eigenvalue weighted by Gasteiger charge is 2.13. The number of aromatic nitrogens is 2. The molecule has 0 bridgehead atoms. The molecule has 0 aliphatic carbocycles. The molecule has 1 heterocycles. The highest BCUT2D eigenvalue weighted by molar-refractivity contribution is 9.10. The summed E-state index contributed by atoms with van der Waals surface area (Å²) in [5.74, 6) is 1.17. The zero-order valence-corrected chi connectivity index (χ0v) is 10.9. The van der Waals surface area contributed by atoms with Crippen molar-refractivity contribution in [3.63, 3.8) is 0 Å². The molecular weight excluding hydrogens is 272 g/mol. The molecule has 1 rings (SSSR count). The molecule has 0 fully saturated rings. The Labute approximate surface area is 104 Å². The average Bonchev–Trinajstić information content (AvgIpc) is 2.28. The van der Waals surface area contributed by atoms with Gasteiger partial charge in [-0.3, -0.25) is 0 Å². The van der Waals surface area contributed by atoms with E-state index in [4.69, 9.17) is 10.8 Å². The summed E-state index contributed by atoms with van der Waals surface area (Å²) < 4.78 is 0.694. The highest BCUT2D eigenvalue weighted by Crippen LogP contribution is 2.27. The van der Waals surface area contributed by atoms with E-state index >= 15 is 0 Å². The number of nitrogens with two attached hydrogens (primary N) is 1. The normalized spacial score (nSPS) is 10.4. The first-order valence-corrected chi connectivity index (χ1v) is 6.11. The van der Waals surface area contributed by atoms with E-state index in [0.29, 0.717) is 16.8 Å². The van der Waals surface area contributed by atoms with Crippen molar-refractivity contribution in [2.24, 2.45) is 0 Å². The van der Waals surface area contributed by atoms with Crippen molar-refractivity contribution in [1.82, 2.24) is 9.97 Å². The number of anilines is 2. The van der Waals surface area contributed by atoms with Crippen LogP contribution in [0.5, 0.6) is 0 Å². The molecule has 5 nitrogen and oxygen atoms in total. The van der Waals surface area contributed by atoms with E-state index in [1.807, 2.05) is 4.90 Å². The minimum Gasteiger partial charge on any atom is -0.395 e. The molecule has 0 atom stereocenters. The largest absolute Gasteiger partial charge is 0.395 e. The first kappa shape index (κ1) is 13.2. The molecule has 6 heteroatoms. The molecule has 90 valence electrons. The Kier molecular flexibility index (Phi) is 5.48. The number of hydrogen-bond donors (Lipinski definition) is 2. The van der Waals surface area contributed by atoms with Crippen LogP contribution in [0.4, 0.5) is 11.6 Å². The number of aliphatic hydroxyl groups is 1. The van der Waals surface area contributed by atoms with E-state index in [1.54, 1.807) is 0 Å². The summed E-state index contributed by atoms with van der Waals surface area (Å²) in [6.07, 6.45) is 3.59. The molecular formula is C10H17BrN4O. The van der Waals surface area contributed by atoms with Crippen molar-refractivity contribution in [2.45, 2.75) is 19.8 Å². The van der Waals surface area contributed by atoms with Crippen LogP contribution in [0.2, 0.25) is 0 Å². The second-order valence-electron chi connectivity index (χ2n) is 3.46. The summed E-state index contributed by atoms with van der Waals surface area (Å²) in [5.41, 5.74) is 5.70. The second-order valence-corrected chi connectivity index (χ2v) is 4.25. The summed E-state index contributed by atoms with van der Waals surface area (Å²) in [4.78, 5) is 10.1. The smallest absolute Gasteiger partial charge is 0.148 e. The average molecular weight is 289 g/mol. The number of halogens is 1. The van der Waals surface area contributed by atoms with Gasteiger partial charge in [-0.15, -0.1) is 0 Å². The Hall–Kier alpha value is -0.880. The van der Waals surface area contributed by atoms with E-state index in [0.717, 1.165) is 25.2 Å². The van der Waals surface area contributed by atoms with Gasteiger partial charge in [-0.2, -0.15) is 0 Å². The van der Waals surface area contributed by atoms with Gasteiger partial charge in [-0.25, -0.2) is 9.97 Å². The van der Waals surface area contributed by atoms with Gasteiger partial charge in [0.05, 0.1) is 6.61 Å². The molecule has 16 heavy (non-hydrogen) atoms. The predicted molar refractivity (Wildman–Crippen MR) is 68.4 cm³/mol. The summed E-state index contributed by atoms with van der Waals surface area (Å²) in [6.45, 7) is 3.63. The third-order valence-corrected chi connectivity index (χ3v) is 3.01. The fourth-order valence-electron chi connectivity index (χ4n) is 1.39. The van der Waals surface area contributed by atoms with Crippen LogP contribution in [0.3, 0.4) is 0 Å². The van der Waals surface area contributed by atoms with Crippen LogP contribution in [0.25, 0.3) is 0 Å². The maximum atomic E-state index is 9.03. The van der Waals surface area contributed by atoms with Crippen LogP contribution >= 0.6 is 15.9 Å². The van der Waals surface area contributed by atoms with E-state index in [1.165, 1.54) is 6.33 Å². The number of nitrogen functional groups attached to an aromatic ring is 1. The van der Waals surface area contributed by atoms with E-state index in [9.17, 15) is 0 Å². The first-order valence-electron chi connectivity index (χ1n) is 5.32. The third-order valence-electron chi connectivity index (χ3n) is 2.25. The van der Waals surface area contributed by atoms with Gasteiger partial charge in [-0.05, 0) is 22.4 Å². The Morgan fingerprint density at radius 3 is 2.81 bits per heavy atom. The zero-order valence-electron chi connectivity index (χ0n) is 9.36. The Morgan fingerprint density at radius 2 is 2.19 bits per heavy atom. The van der Waals surface area contributed by atoms with Crippen LogP contribution in [-0.4, -0.2) is 34.8 Å². The van der Waals surface area contributed by atoms with Gasteiger partial charge < -0.3 is 15.7 Å². The van der Waals surface area contributed by atoms with Crippen molar-refractivity contribution in [3.8, 4) is 0 Å². The fraction of sp³-hybridized carbons (Fsp3) is 0.600. The first-order chi connectivity index (χ1) is 7.70. The van der Waals surface area contributed by atoms with Crippen LogP contribution in [-0.2, 0) is 0 Å². The van der Waals surface area contributed by atoms with Gasteiger partial charge in [0.1, 0.15) is 22.4 Å². The number of rotatable bonds is 6. The molecule has 0 aromatic carbocycles.